The molecule has 112 valence electrons. The molecule has 1 aliphatic carbocycles. The minimum Gasteiger partial charge on any atom is -0.313 e. The van der Waals surface area contributed by atoms with Crippen LogP contribution in [0.4, 0.5) is 0 Å². The van der Waals surface area contributed by atoms with Gasteiger partial charge in [0.25, 0.3) is 0 Å². The summed E-state index contributed by atoms with van der Waals surface area (Å²) in [6.07, 6.45) is 9.88. The van der Waals surface area contributed by atoms with E-state index >= 15 is 0 Å². The van der Waals surface area contributed by atoms with E-state index in [0.29, 0.717) is 6.04 Å². The molecule has 0 heterocycles. The van der Waals surface area contributed by atoms with Gasteiger partial charge in [-0.1, -0.05) is 60.5 Å². The molecule has 0 radical (unpaired) electrons. The van der Waals surface area contributed by atoms with Gasteiger partial charge in [-0.2, -0.15) is 0 Å². The van der Waals surface area contributed by atoms with Crippen LogP contribution in [0.5, 0.6) is 0 Å². The van der Waals surface area contributed by atoms with Gasteiger partial charge in [-0.15, -0.1) is 0 Å². The maximum Gasteiger partial charge on any atom is 0.0322 e. The lowest BCUT2D eigenvalue weighted by Gasteiger charge is -2.25. The molecule has 1 atom stereocenters. The molecular weight excluding hydrogens is 310 g/mol. The first-order chi connectivity index (χ1) is 9.61. The van der Waals surface area contributed by atoms with Crippen LogP contribution < -0.4 is 5.32 Å². The monoisotopic (exact) mass is 337 g/mol. The van der Waals surface area contributed by atoms with E-state index in [1.54, 1.807) is 0 Å². The molecule has 1 N–H and O–H groups in total. The molecule has 0 spiro atoms. The highest BCUT2D eigenvalue weighted by Crippen LogP contribution is 2.33. The molecule has 2 heteroatoms. The predicted molar refractivity (Wildman–Crippen MR) is 91.2 cm³/mol. The van der Waals surface area contributed by atoms with Gasteiger partial charge in [-0.05, 0) is 56.0 Å². The van der Waals surface area contributed by atoms with Crippen molar-refractivity contribution in [1.29, 1.82) is 0 Å². The van der Waals surface area contributed by atoms with Crippen molar-refractivity contribution < 1.29 is 0 Å². The summed E-state index contributed by atoms with van der Waals surface area (Å²) in [4.78, 5) is 0. The lowest BCUT2D eigenvalue weighted by atomic mass is 9.87. The topological polar surface area (TPSA) is 12.0 Å². The smallest absolute Gasteiger partial charge is 0.0322 e. The van der Waals surface area contributed by atoms with Crippen molar-refractivity contribution in [3.63, 3.8) is 0 Å². The van der Waals surface area contributed by atoms with Crippen molar-refractivity contribution in [2.75, 3.05) is 7.05 Å². The predicted octanol–water partition coefficient (Wildman–Crippen LogP) is 5.69. The molecule has 0 aliphatic heterocycles. The molecule has 1 unspecified atom stereocenters. The highest BCUT2D eigenvalue weighted by molar-refractivity contribution is 9.10. The normalized spacial score (nSPS) is 18.8. The lowest BCUT2D eigenvalue weighted by Crippen LogP contribution is -2.21. The molecule has 1 aromatic carbocycles. The van der Waals surface area contributed by atoms with Crippen LogP contribution in [0.1, 0.15) is 67.7 Å². The van der Waals surface area contributed by atoms with Crippen LogP contribution >= 0.6 is 15.9 Å². The van der Waals surface area contributed by atoms with Crippen molar-refractivity contribution in [3.05, 3.63) is 33.3 Å². The maximum absolute atomic E-state index is 3.64. The largest absolute Gasteiger partial charge is 0.313 e. The Morgan fingerprint density at radius 2 is 1.75 bits per heavy atom. The Kier molecular flexibility index (Phi) is 6.10. The summed E-state index contributed by atoms with van der Waals surface area (Å²) in [6, 6.07) is 5.13. The minimum atomic E-state index is 0.505. The number of halogens is 1. The Labute approximate surface area is 132 Å². The Hall–Kier alpha value is -0.340. The van der Waals surface area contributed by atoms with E-state index in [2.05, 4.69) is 54.3 Å². The third-order valence-electron chi connectivity index (χ3n) is 4.81. The lowest BCUT2D eigenvalue weighted by molar-refractivity contribution is 0.367. The molecule has 1 aliphatic rings. The van der Waals surface area contributed by atoms with E-state index in [9.17, 15) is 0 Å². The van der Waals surface area contributed by atoms with Crippen molar-refractivity contribution in [2.45, 2.75) is 64.8 Å². The first-order valence-corrected chi connectivity index (χ1v) is 8.85. The Morgan fingerprint density at radius 1 is 1.10 bits per heavy atom. The van der Waals surface area contributed by atoms with Gasteiger partial charge < -0.3 is 5.32 Å². The average molecular weight is 338 g/mol. The SMILES string of the molecule is CNC(CC1CCCCCC1)c1cc(C)c(Br)cc1C. The molecule has 0 amide bonds. The number of benzene rings is 1. The van der Waals surface area contributed by atoms with Gasteiger partial charge in [0, 0.05) is 10.5 Å². The molecule has 2 rings (SSSR count). The van der Waals surface area contributed by atoms with Crippen LogP contribution in [-0.4, -0.2) is 7.05 Å². The van der Waals surface area contributed by atoms with Gasteiger partial charge in [-0.25, -0.2) is 0 Å². The van der Waals surface area contributed by atoms with Gasteiger partial charge in [-0.3, -0.25) is 0 Å². The maximum atomic E-state index is 3.64. The summed E-state index contributed by atoms with van der Waals surface area (Å²) >= 11 is 3.64. The fourth-order valence-electron chi connectivity index (χ4n) is 3.51. The van der Waals surface area contributed by atoms with Gasteiger partial charge in [0.2, 0.25) is 0 Å². The standard InChI is InChI=1S/C18H28BrN/c1-13-11-17(19)14(2)10-16(13)18(20-3)12-15-8-6-4-5-7-9-15/h10-11,15,18,20H,4-9,12H2,1-3H3. The van der Waals surface area contributed by atoms with Crippen LogP contribution in [0.15, 0.2) is 16.6 Å². The molecule has 1 nitrogen and oxygen atoms in total. The second-order valence-electron chi connectivity index (χ2n) is 6.39. The highest BCUT2D eigenvalue weighted by Gasteiger charge is 2.20. The molecule has 20 heavy (non-hydrogen) atoms. The second kappa shape index (κ2) is 7.61. The number of aryl methyl sites for hydroxylation is 2. The molecule has 1 saturated carbocycles. The quantitative estimate of drug-likeness (QED) is 0.696. The minimum absolute atomic E-state index is 0.505. The Bertz CT molecular complexity index is 433. The summed E-state index contributed by atoms with van der Waals surface area (Å²) in [6.45, 7) is 4.42. The molecule has 0 aromatic heterocycles. The highest BCUT2D eigenvalue weighted by atomic mass is 79.9. The van der Waals surface area contributed by atoms with E-state index in [0.717, 1.165) is 5.92 Å². The van der Waals surface area contributed by atoms with E-state index in [1.807, 2.05) is 0 Å². The molecule has 0 saturated heterocycles. The summed E-state index contributed by atoms with van der Waals surface area (Å²) in [5.41, 5.74) is 4.22. The van der Waals surface area contributed by atoms with Crippen molar-refractivity contribution in [1.82, 2.24) is 5.32 Å². The van der Waals surface area contributed by atoms with Crippen LogP contribution in [0.25, 0.3) is 0 Å². The summed E-state index contributed by atoms with van der Waals surface area (Å²) in [5, 5.41) is 3.56. The zero-order valence-corrected chi connectivity index (χ0v) is 14.7. The van der Waals surface area contributed by atoms with E-state index in [-0.39, 0.29) is 0 Å². The Morgan fingerprint density at radius 3 is 2.35 bits per heavy atom. The number of hydrogen-bond acceptors (Lipinski definition) is 1. The van der Waals surface area contributed by atoms with Crippen molar-refractivity contribution >= 4 is 15.9 Å². The summed E-state index contributed by atoms with van der Waals surface area (Å²) < 4.78 is 1.23. The zero-order chi connectivity index (χ0) is 14.5. The zero-order valence-electron chi connectivity index (χ0n) is 13.1. The van der Waals surface area contributed by atoms with Crippen LogP contribution in [-0.2, 0) is 0 Å². The average Bonchev–Trinajstić information content (AvgIpc) is 2.69. The summed E-state index contributed by atoms with van der Waals surface area (Å²) in [5.74, 6) is 0.901. The third-order valence-corrected chi connectivity index (χ3v) is 5.67. The number of nitrogens with one attached hydrogen (secondary N) is 1. The van der Waals surface area contributed by atoms with Crippen molar-refractivity contribution in [3.8, 4) is 0 Å². The van der Waals surface area contributed by atoms with Crippen LogP contribution in [0.3, 0.4) is 0 Å². The molecular formula is C18H28BrN. The molecule has 0 bridgehead atoms. The molecule has 1 aromatic rings. The number of rotatable bonds is 4. The van der Waals surface area contributed by atoms with E-state index in [4.69, 9.17) is 0 Å². The van der Waals surface area contributed by atoms with E-state index in [1.165, 1.54) is 66.1 Å². The van der Waals surface area contributed by atoms with Crippen molar-refractivity contribution in [2.24, 2.45) is 5.92 Å². The van der Waals surface area contributed by atoms with Crippen LogP contribution in [0.2, 0.25) is 0 Å². The second-order valence-corrected chi connectivity index (χ2v) is 7.25. The van der Waals surface area contributed by atoms with E-state index < -0.39 is 0 Å². The summed E-state index contributed by atoms with van der Waals surface area (Å²) in [7, 11) is 2.11. The fraction of sp³-hybridized carbons (Fsp3) is 0.667. The number of hydrogen-bond donors (Lipinski definition) is 1. The van der Waals surface area contributed by atoms with Crippen LogP contribution in [0, 0.1) is 19.8 Å². The fourth-order valence-corrected chi connectivity index (χ4v) is 3.97. The van der Waals surface area contributed by atoms with Gasteiger partial charge >= 0.3 is 0 Å². The van der Waals surface area contributed by atoms with Gasteiger partial charge in [0.05, 0.1) is 0 Å². The third kappa shape index (κ3) is 4.08. The van der Waals surface area contributed by atoms with Gasteiger partial charge in [0.1, 0.15) is 0 Å². The Balaban J connectivity index is 2.13. The van der Waals surface area contributed by atoms with Gasteiger partial charge in [0.15, 0.2) is 0 Å². The first-order valence-electron chi connectivity index (χ1n) is 8.05. The first kappa shape index (κ1) is 16.0. The molecule has 1 fully saturated rings.